The first-order valence-electron chi connectivity index (χ1n) is 19.1. The Hall–Kier alpha value is -7.41. The van der Waals surface area contributed by atoms with E-state index in [-0.39, 0.29) is 0 Å². The molecular formula is C51H31N5S. The van der Waals surface area contributed by atoms with Crippen molar-refractivity contribution in [1.29, 1.82) is 0 Å². The summed E-state index contributed by atoms with van der Waals surface area (Å²) in [5.74, 6) is 1.81. The first kappa shape index (κ1) is 31.9. The van der Waals surface area contributed by atoms with Crippen LogP contribution < -0.4 is 0 Å². The second-order valence-electron chi connectivity index (χ2n) is 14.4. The molecule has 8 aromatic carbocycles. The van der Waals surface area contributed by atoms with Gasteiger partial charge in [-0.15, -0.1) is 11.3 Å². The number of benzene rings is 8. The molecule has 0 saturated heterocycles. The highest BCUT2D eigenvalue weighted by molar-refractivity contribution is 7.25. The molecule has 0 unspecified atom stereocenters. The first-order chi connectivity index (χ1) is 28.3. The fourth-order valence-corrected chi connectivity index (χ4v) is 9.67. The van der Waals surface area contributed by atoms with Gasteiger partial charge >= 0.3 is 0 Å². The van der Waals surface area contributed by atoms with Crippen LogP contribution in [0, 0.1) is 0 Å². The largest absolute Gasteiger partial charge is 0.307 e. The minimum Gasteiger partial charge on any atom is -0.307 e. The predicted molar refractivity (Wildman–Crippen MR) is 238 cm³/mol. The minimum atomic E-state index is 0.570. The zero-order valence-corrected chi connectivity index (χ0v) is 31.4. The lowest BCUT2D eigenvalue weighted by Crippen LogP contribution is -2.07. The third-order valence-corrected chi connectivity index (χ3v) is 12.3. The second-order valence-corrected chi connectivity index (χ2v) is 15.5. The third-order valence-electron chi connectivity index (χ3n) is 11.2. The van der Waals surface area contributed by atoms with Crippen molar-refractivity contribution in [1.82, 2.24) is 24.1 Å². The number of aromatic nitrogens is 5. The molecule has 0 aliphatic heterocycles. The number of rotatable bonds is 5. The zero-order chi connectivity index (χ0) is 37.5. The first-order valence-corrected chi connectivity index (χ1v) is 19.9. The van der Waals surface area contributed by atoms with E-state index < -0.39 is 0 Å². The molecule has 0 spiro atoms. The van der Waals surface area contributed by atoms with Crippen LogP contribution in [0.1, 0.15) is 0 Å². The van der Waals surface area contributed by atoms with Gasteiger partial charge in [0, 0.05) is 58.5 Å². The van der Waals surface area contributed by atoms with Gasteiger partial charge < -0.3 is 4.57 Å². The van der Waals surface area contributed by atoms with E-state index in [0.29, 0.717) is 17.6 Å². The van der Waals surface area contributed by atoms with Crippen molar-refractivity contribution in [2.24, 2.45) is 0 Å². The van der Waals surface area contributed by atoms with Crippen molar-refractivity contribution in [3.63, 3.8) is 0 Å². The van der Waals surface area contributed by atoms with Crippen LogP contribution in [-0.2, 0) is 0 Å². The fourth-order valence-electron chi connectivity index (χ4n) is 8.58. The lowest BCUT2D eigenvalue weighted by atomic mass is 10.0. The van der Waals surface area contributed by atoms with Gasteiger partial charge in [0.15, 0.2) is 11.6 Å². The van der Waals surface area contributed by atoms with Gasteiger partial charge in [-0.3, -0.25) is 4.57 Å². The van der Waals surface area contributed by atoms with Crippen molar-refractivity contribution in [3.8, 4) is 45.5 Å². The predicted octanol–water partition coefficient (Wildman–Crippen LogP) is 13.4. The summed E-state index contributed by atoms with van der Waals surface area (Å²) in [5.41, 5.74) is 9.62. The molecule has 0 N–H and O–H groups in total. The molecule has 57 heavy (non-hydrogen) atoms. The molecule has 4 heterocycles. The normalized spacial score (nSPS) is 11.9. The zero-order valence-electron chi connectivity index (χ0n) is 30.5. The Morgan fingerprint density at radius 1 is 0.333 bits per heavy atom. The second kappa shape index (κ2) is 12.6. The molecule has 0 saturated carbocycles. The SMILES string of the molecule is c1ccc(-c2ccc(-c3nc(-c4ccccc4)nc(-n4c5ccccc5c5ccc6c7ccccc7n(-c7ccc8sc9ccccc9c8c7)c6c54)n3)cc2)cc1. The van der Waals surface area contributed by atoms with Gasteiger partial charge in [0.2, 0.25) is 5.95 Å². The van der Waals surface area contributed by atoms with Crippen LogP contribution in [0.2, 0.25) is 0 Å². The molecule has 0 aliphatic carbocycles. The van der Waals surface area contributed by atoms with E-state index in [2.05, 4.69) is 173 Å². The number of thiophene rings is 1. The highest BCUT2D eigenvalue weighted by Gasteiger charge is 2.24. The molecule has 0 fully saturated rings. The smallest absolute Gasteiger partial charge is 0.238 e. The summed E-state index contributed by atoms with van der Waals surface area (Å²) in [7, 11) is 0. The molecular weight excluding hydrogens is 715 g/mol. The molecule has 0 atom stereocenters. The number of nitrogens with zero attached hydrogens (tertiary/aromatic N) is 5. The van der Waals surface area contributed by atoms with Gasteiger partial charge in [0.05, 0.1) is 22.1 Å². The Balaban J connectivity index is 1.18. The molecule has 0 aliphatic rings. The maximum Gasteiger partial charge on any atom is 0.238 e. The number of para-hydroxylation sites is 2. The highest BCUT2D eigenvalue weighted by Crippen LogP contribution is 2.43. The summed E-state index contributed by atoms with van der Waals surface area (Å²) in [5, 5.41) is 7.19. The molecule has 266 valence electrons. The van der Waals surface area contributed by atoms with Crippen LogP contribution in [0.15, 0.2) is 188 Å². The van der Waals surface area contributed by atoms with Crippen LogP contribution >= 0.6 is 11.3 Å². The Labute approximate surface area is 331 Å². The van der Waals surface area contributed by atoms with Gasteiger partial charge in [-0.1, -0.05) is 152 Å². The van der Waals surface area contributed by atoms with Gasteiger partial charge in [-0.05, 0) is 47.5 Å². The van der Waals surface area contributed by atoms with E-state index in [0.717, 1.165) is 55.2 Å². The van der Waals surface area contributed by atoms with E-state index >= 15 is 0 Å². The van der Waals surface area contributed by atoms with Crippen LogP contribution in [0.3, 0.4) is 0 Å². The molecule has 0 amide bonds. The van der Waals surface area contributed by atoms with Gasteiger partial charge in [0.1, 0.15) is 0 Å². The molecule has 12 rings (SSSR count). The number of fused-ring (bicyclic) bond motifs is 10. The van der Waals surface area contributed by atoms with Crippen molar-refractivity contribution < 1.29 is 0 Å². The quantitative estimate of drug-likeness (QED) is 0.176. The van der Waals surface area contributed by atoms with Crippen molar-refractivity contribution >= 4 is 75.1 Å². The lowest BCUT2D eigenvalue weighted by molar-refractivity contribution is 0.953. The summed E-state index contributed by atoms with van der Waals surface area (Å²) in [6, 6.07) is 66.7. The van der Waals surface area contributed by atoms with Crippen LogP contribution in [0.4, 0.5) is 0 Å². The number of hydrogen-bond acceptors (Lipinski definition) is 4. The van der Waals surface area contributed by atoms with Crippen molar-refractivity contribution in [3.05, 3.63) is 188 Å². The van der Waals surface area contributed by atoms with Crippen molar-refractivity contribution in [2.45, 2.75) is 0 Å². The minimum absolute atomic E-state index is 0.570. The summed E-state index contributed by atoms with van der Waals surface area (Å²) >= 11 is 1.84. The summed E-state index contributed by atoms with van der Waals surface area (Å²) in [4.78, 5) is 15.8. The van der Waals surface area contributed by atoms with Crippen LogP contribution in [0.5, 0.6) is 0 Å². The van der Waals surface area contributed by atoms with Crippen LogP contribution in [0.25, 0.3) is 109 Å². The summed E-state index contributed by atoms with van der Waals surface area (Å²) in [6.45, 7) is 0. The van der Waals surface area contributed by atoms with E-state index in [1.54, 1.807) is 0 Å². The Kier molecular flexibility index (Phi) is 7.03. The monoisotopic (exact) mass is 745 g/mol. The standard InChI is InChI=1S/C51H31N5S/c1-3-13-32(14-4-1)33-23-25-35(26-24-33)50-52-49(34-15-5-2-6-16-34)53-51(54-50)56-44-21-11-8-18-38(44)41-29-28-40-37-17-7-10-20-43(37)55(47(40)48(41)56)36-27-30-46-42(31-36)39-19-9-12-22-45(39)57-46/h1-31H. The van der Waals surface area contributed by atoms with Gasteiger partial charge in [0.25, 0.3) is 0 Å². The Bertz CT molecular complexity index is 3510. The molecule has 6 heteroatoms. The lowest BCUT2D eigenvalue weighted by Gasteiger charge is -2.13. The average molecular weight is 746 g/mol. The van der Waals surface area contributed by atoms with Gasteiger partial charge in [-0.2, -0.15) is 9.97 Å². The molecule has 12 aromatic rings. The molecule has 0 radical (unpaired) electrons. The van der Waals surface area contributed by atoms with E-state index in [4.69, 9.17) is 15.0 Å². The Morgan fingerprint density at radius 3 is 1.51 bits per heavy atom. The van der Waals surface area contributed by atoms with E-state index in [9.17, 15) is 0 Å². The molecule has 0 bridgehead atoms. The molecule has 4 aromatic heterocycles. The maximum atomic E-state index is 5.34. The van der Waals surface area contributed by atoms with Gasteiger partial charge in [-0.25, -0.2) is 4.98 Å². The Morgan fingerprint density at radius 2 is 0.825 bits per heavy atom. The highest BCUT2D eigenvalue weighted by atomic mass is 32.1. The maximum absolute atomic E-state index is 5.34. The average Bonchev–Trinajstić information content (AvgIpc) is 3.94. The summed E-state index contributed by atoms with van der Waals surface area (Å²) < 4.78 is 7.28. The van der Waals surface area contributed by atoms with Crippen molar-refractivity contribution in [2.75, 3.05) is 0 Å². The topological polar surface area (TPSA) is 48.5 Å². The third kappa shape index (κ3) is 4.98. The number of hydrogen-bond donors (Lipinski definition) is 0. The van der Waals surface area contributed by atoms with E-state index in [1.165, 1.54) is 36.5 Å². The van der Waals surface area contributed by atoms with Crippen LogP contribution in [-0.4, -0.2) is 24.1 Å². The fraction of sp³-hybridized carbons (Fsp3) is 0. The van der Waals surface area contributed by atoms with E-state index in [1.807, 2.05) is 35.6 Å². The summed E-state index contributed by atoms with van der Waals surface area (Å²) in [6.07, 6.45) is 0. The molecule has 5 nitrogen and oxygen atoms in total.